The molecule has 3 rings (SSSR count). The second-order valence-corrected chi connectivity index (χ2v) is 6.06. The number of nitrogens with one attached hydrogen (secondary N) is 1. The molecular formula is C18H19ClN2O2. The Kier molecular flexibility index (Phi) is 4.84. The van der Waals surface area contributed by atoms with Gasteiger partial charge < -0.3 is 15.0 Å². The number of carbonyl (C=O) groups is 1. The number of hydrogen-bond donors (Lipinski definition) is 1. The zero-order chi connectivity index (χ0) is 16.2. The average molecular weight is 331 g/mol. The fraction of sp³-hybridized carbons (Fsp3) is 0.278. The molecule has 0 spiro atoms. The fourth-order valence-electron chi connectivity index (χ4n) is 2.61. The summed E-state index contributed by atoms with van der Waals surface area (Å²) in [7, 11) is 1.79. The van der Waals surface area contributed by atoms with Crippen molar-refractivity contribution in [2.75, 3.05) is 20.2 Å². The predicted molar refractivity (Wildman–Crippen MR) is 90.9 cm³/mol. The fourth-order valence-corrected chi connectivity index (χ4v) is 2.79. The molecule has 1 N–H and O–H groups in total. The van der Waals surface area contributed by atoms with Gasteiger partial charge in [0.25, 0.3) is 5.91 Å². The van der Waals surface area contributed by atoms with Gasteiger partial charge in [0.2, 0.25) is 0 Å². The van der Waals surface area contributed by atoms with Crippen molar-refractivity contribution in [2.24, 2.45) is 0 Å². The van der Waals surface area contributed by atoms with Crippen molar-refractivity contribution in [3.05, 3.63) is 64.2 Å². The molecule has 0 saturated heterocycles. The molecule has 2 aromatic rings. The molecule has 0 fully saturated rings. The van der Waals surface area contributed by atoms with Crippen molar-refractivity contribution in [1.82, 2.24) is 10.2 Å². The lowest BCUT2D eigenvalue weighted by atomic mass is 10.1. The van der Waals surface area contributed by atoms with E-state index >= 15 is 0 Å². The molecule has 0 bridgehead atoms. The lowest BCUT2D eigenvalue weighted by molar-refractivity contribution is 0.0773. The van der Waals surface area contributed by atoms with Crippen LogP contribution in [-0.4, -0.2) is 31.0 Å². The van der Waals surface area contributed by atoms with Crippen LogP contribution in [0, 0.1) is 0 Å². The average Bonchev–Trinajstić information content (AvgIpc) is 3.01. The molecule has 0 unspecified atom stereocenters. The van der Waals surface area contributed by atoms with Gasteiger partial charge in [0, 0.05) is 30.7 Å². The predicted octanol–water partition coefficient (Wildman–Crippen LogP) is 3.09. The smallest absolute Gasteiger partial charge is 0.253 e. The minimum Gasteiger partial charge on any atom is -0.492 e. The Morgan fingerprint density at radius 1 is 1.22 bits per heavy atom. The van der Waals surface area contributed by atoms with E-state index in [0.717, 1.165) is 18.7 Å². The highest BCUT2D eigenvalue weighted by molar-refractivity contribution is 6.30. The molecular weight excluding hydrogens is 312 g/mol. The zero-order valence-corrected chi connectivity index (χ0v) is 13.8. The second kappa shape index (κ2) is 7.02. The lowest BCUT2D eigenvalue weighted by Crippen LogP contribution is -2.31. The summed E-state index contributed by atoms with van der Waals surface area (Å²) < 4.78 is 5.63. The molecule has 0 radical (unpaired) electrons. The van der Waals surface area contributed by atoms with E-state index in [0.29, 0.717) is 23.9 Å². The number of halogens is 1. The largest absolute Gasteiger partial charge is 0.492 e. The standard InChI is InChI=1S/C18H19ClN2O2/c1-21(7-8-23-17-4-2-3-16(19)10-17)18(22)13-5-6-14-11-20-12-15(14)9-13/h2-6,9-10,20H,7-8,11-12H2,1H3. The van der Waals surface area contributed by atoms with Gasteiger partial charge in [0.1, 0.15) is 12.4 Å². The van der Waals surface area contributed by atoms with Gasteiger partial charge in [0.05, 0.1) is 6.54 Å². The highest BCUT2D eigenvalue weighted by Crippen LogP contribution is 2.19. The van der Waals surface area contributed by atoms with Crippen molar-refractivity contribution in [3.63, 3.8) is 0 Å². The maximum absolute atomic E-state index is 12.5. The maximum atomic E-state index is 12.5. The van der Waals surface area contributed by atoms with Gasteiger partial charge in [-0.2, -0.15) is 0 Å². The molecule has 0 saturated carbocycles. The first-order valence-corrected chi connectivity index (χ1v) is 7.97. The number of hydrogen-bond acceptors (Lipinski definition) is 3. The van der Waals surface area contributed by atoms with Crippen LogP contribution in [0.3, 0.4) is 0 Å². The Morgan fingerprint density at radius 2 is 2.04 bits per heavy atom. The van der Waals surface area contributed by atoms with E-state index in [1.54, 1.807) is 24.1 Å². The van der Waals surface area contributed by atoms with Crippen LogP contribution in [0.5, 0.6) is 5.75 Å². The van der Waals surface area contributed by atoms with Crippen molar-refractivity contribution in [3.8, 4) is 5.75 Å². The van der Waals surface area contributed by atoms with E-state index in [-0.39, 0.29) is 5.91 Å². The van der Waals surface area contributed by atoms with Gasteiger partial charge in [0.15, 0.2) is 0 Å². The molecule has 0 aliphatic carbocycles. The van der Waals surface area contributed by atoms with Gasteiger partial charge in [-0.05, 0) is 41.5 Å². The molecule has 1 aliphatic rings. The Hall–Kier alpha value is -2.04. The van der Waals surface area contributed by atoms with Crippen LogP contribution >= 0.6 is 11.6 Å². The molecule has 0 atom stereocenters. The van der Waals surface area contributed by atoms with E-state index in [4.69, 9.17) is 16.3 Å². The monoisotopic (exact) mass is 330 g/mol. The molecule has 120 valence electrons. The van der Waals surface area contributed by atoms with E-state index in [1.807, 2.05) is 30.3 Å². The van der Waals surface area contributed by atoms with Gasteiger partial charge in [-0.25, -0.2) is 0 Å². The SMILES string of the molecule is CN(CCOc1cccc(Cl)c1)C(=O)c1ccc2c(c1)CNC2. The van der Waals surface area contributed by atoms with Gasteiger partial charge in [-0.15, -0.1) is 0 Å². The van der Waals surface area contributed by atoms with E-state index in [9.17, 15) is 4.79 Å². The Labute approximate surface area is 141 Å². The highest BCUT2D eigenvalue weighted by Gasteiger charge is 2.16. The summed E-state index contributed by atoms with van der Waals surface area (Å²) in [5.74, 6) is 0.719. The van der Waals surface area contributed by atoms with Crippen LogP contribution in [0.1, 0.15) is 21.5 Å². The van der Waals surface area contributed by atoms with Crippen LogP contribution in [0.4, 0.5) is 0 Å². The van der Waals surface area contributed by atoms with Crippen LogP contribution < -0.4 is 10.1 Å². The number of likely N-dealkylation sites (N-methyl/N-ethyl adjacent to an activating group) is 1. The zero-order valence-electron chi connectivity index (χ0n) is 13.0. The van der Waals surface area contributed by atoms with Crippen molar-refractivity contribution in [2.45, 2.75) is 13.1 Å². The number of amides is 1. The molecule has 1 aliphatic heterocycles. The first kappa shape index (κ1) is 15.8. The Morgan fingerprint density at radius 3 is 2.87 bits per heavy atom. The summed E-state index contributed by atoms with van der Waals surface area (Å²) in [4.78, 5) is 14.1. The first-order valence-electron chi connectivity index (χ1n) is 7.60. The Bertz CT molecular complexity index is 718. The van der Waals surface area contributed by atoms with E-state index in [2.05, 4.69) is 5.32 Å². The summed E-state index contributed by atoms with van der Waals surface area (Å²) in [6, 6.07) is 13.1. The first-order chi connectivity index (χ1) is 11.1. The van der Waals surface area contributed by atoms with E-state index < -0.39 is 0 Å². The highest BCUT2D eigenvalue weighted by atomic mass is 35.5. The van der Waals surface area contributed by atoms with Crippen molar-refractivity contribution >= 4 is 17.5 Å². The van der Waals surface area contributed by atoms with Gasteiger partial charge >= 0.3 is 0 Å². The number of rotatable bonds is 5. The number of carbonyl (C=O) groups excluding carboxylic acids is 1. The van der Waals surface area contributed by atoms with Gasteiger partial charge in [-0.3, -0.25) is 4.79 Å². The normalized spacial score (nSPS) is 12.8. The second-order valence-electron chi connectivity index (χ2n) is 5.62. The Balaban J connectivity index is 1.55. The molecule has 1 amide bonds. The third kappa shape index (κ3) is 3.84. The summed E-state index contributed by atoms with van der Waals surface area (Å²) in [5.41, 5.74) is 3.20. The molecule has 5 heteroatoms. The summed E-state index contributed by atoms with van der Waals surface area (Å²) >= 11 is 5.91. The third-order valence-electron chi connectivity index (χ3n) is 3.92. The molecule has 0 aromatic heterocycles. The number of ether oxygens (including phenoxy) is 1. The van der Waals surface area contributed by atoms with Crippen LogP contribution in [0.15, 0.2) is 42.5 Å². The topological polar surface area (TPSA) is 41.6 Å². The summed E-state index contributed by atoms with van der Waals surface area (Å²) in [5, 5.41) is 3.92. The number of fused-ring (bicyclic) bond motifs is 1. The quantitative estimate of drug-likeness (QED) is 0.916. The van der Waals surface area contributed by atoms with Crippen LogP contribution in [0.25, 0.3) is 0 Å². The lowest BCUT2D eigenvalue weighted by Gasteiger charge is -2.18. The van der Waals surface area contributed by atoms with Crippen molar-refractivity contribution in [1.29, 1.82) is 0 Å². The molecule has 1 heterocycles. The number of benzene rings is 2. The number of nitrogens with zero attached hydrogens (tertiary/aromatic N) is 1. The maximum Gasteiger partial charge on any atom is 0.253 e. The van der Waals surface area contributed by atoms with Crippen LogP contribution in [0.2, 0.25) is 5.02 Å². The van der Waals surface area contributed by atoms with Crippen molar-refractivity contribution < 1.29 is 9.53 Å². The summed E-state index contributed by atoms with van der Waals surface area (Å²) in [6.45, 7) is 2.65. The summed E-state index contributed by atoms with van der Waals surface area (Å²) in [6.07, 6.45) is 0. The molecule has 4 nitrogen and oxygen atoms in total. The van der Waals surface area contributed by atoms with E-state index in [1.165, 1.54) is 11.1 Å². The third-order valence-corrected chi connectivity index (χ3v) is 4.16. The minimum absolute atomic E-state index is 0.00870. The van der Waals surface area contributed by atoms with Crippen LogP contribution in [-0.2, 0) is 13.1 Å². The molecule has 2 aromatic carbocycles. The molecule has 23 heavy (non-hydrogen) atoms. The minimum atomic E-state index is 0.00870. The van der Waals surface area contributed by atoms with Gasteiger partial charge in [-0.1, -0.05) is 23.7 Å².